The van der Waals surface area contributed by atoms with E-state index in [9.17, 15) is 4.79 Å². The Labute approximate surface area is 149 Å². The number of thioether (sulfide) groups is 1. The fourth-order valence-electron chi connectivity index (χ4n) is 2.31. The molecular weight excluding hydrogens is 342 g/mol. The Morgan fingerprint density at radius 3 is 2.88 bits per heavy atom. The van der Waals surface area contributed by atoms with Crippen LogP contribution in [0.4, 0.5) is 5.69 Å². The van der Waals surface area contributed by atoms with Crippen LogP contribution in [0.15, 0.2) is 66.1 Å². The van der Waals surface area contributed by atoms with Gasteiger partial charge in [0.1, 0.15) is 0 Å². The molecule has 1 amide bonds. The van der Waals surface area contributed by atoms with Crippen molar-refractivity contribution in [2.24, 2.45) is 0 Å². The molecule has 0 atom stereocenters. The lowest BCUT2D eigenvalue weighted by Gasteiger charge is -2.10. The van der Waals surface area contributed by atoms with E-state index in [2.05, 4.69) is 23.3 Å². The van der Waals surface area contributed by atoms with E-state index < -0.39 is 0 Å². The zero-order valence-corrected chi connectivity index (χ0v) is 14.6. The number of carbonyl (C=O) groups is 1. The quantitative estimate of drug-likeness (QED) is 0.680. The lowest BCUT2D eigenvalue weighted by atomic mass is 10.2. The molecule has 0 unspecified atom stereocenters. The SMILES string of the molecule is Cc1ccccc1-n1ccnc1SCC(=O)Nc1cccc(Cl)c1. The number of hydrogen-bond acceptors (Lipinski definition) is 3. The first-order chi connectivity index (χ1) is 11.6. The molecule has 0 saturated carbocycles. The lowest BCUT2D eigenvalue weighted by molar-refractivity contribution is -0.113. The van der Waals surface area contributed by atoms with Gasteiger partial charge in [0.2, 0.25) is 5.91 Å². The van der Waals surface area contributed by atoms with Gasteiger partial charge in [-0.15, -0.1) is 0 Å². The van der Waals surface area contributed by atoms with E-state index in [0.717, 1.165) is 16.4 Å². The zero-order valence-electron chi connectivity index (χ0n) is 13.1. The largest absolute Gasteiger partial charge is 0.325 e. The van der Waals surface area contributed by atoms with Gasteiger partial charge >= 0.3 is 0 Å². The third-order valence-electron chi connectivity index (χ3n) is 3.42. The first-order valence-electron chi connectivity index (χ1n) is 7.41. The van der Waals surface area contributed by atoms with Gasteiger partial charge < -0.3 is 5.32 Å². The van der Waals surface area contributed by atoms with Gasteiger partial charge in [-0.3, -0.25) is 9.36 Å². The molecule has 0 spiro atoms. The molecule has 1 N–H and O–H groups in total. The van der Waals surface area contributed by atoms with E-state index in [4.69, 9.17) is 11.6 Å². The number of carbonyl (C=O) groups excluding carboxylic acids is 1. The average Bonchev–Trinajstić information content (AvgIpc) is 3.02. The Bertz CT molecular complexity index is 863. The van der Waals surface area contributed by atoms with Crippen LogP contribution in [0.3, 0.4) is 0 Å². The monoisotopic (exact) mass is 357 g/mol. The van der Waals surface area contributed by atoms with Crippen molar-refractivity contribution >= 4 is 35.0 Å². The van der Waals surface area contributed by atoms with Crippen molar-refractivity contribution in [1.82, 2.24) is 9.55 Å². The number of halogens is 1. The summed E-state index contributed by atoms with van der Waals surface area (Å²) in [6.07, 6.45) is 3.64. The predicted octanol–water partition coefficient (Wildman–Crippen LogP) is 4.56. The van der Waals surface area contributed by atoms with Crippen LogP contribution >= 0.6 is 23.4 Å². The van der Waals surface area contributed by atoms with E-state index in [1.165, 1.54) is 11.8 Å². The molecule has 4 nitrogen and oxygen atoms in total. The van der Waals surface area contributed by atoms with Crippen LogP contribution in [-0.4, -0.2) is 21.2 Å². The van der Waals surface area contributed by atoms with Crippen LogP contribution in [0.1, 0.15) is 5.56 Å². The highest BCUT2D eigenvalue weighted by Gasteiger charge is 2.10. The van der Waals surface area contributed by atoms with Gasteiger partial charge in [0.05, 0.1) is 11.4 Å². The van der Waals surface area contributed by atoms with Gasteiger partial charge in [-0.1, -0.05) is 47.6 Å². The highest BCUT2D eigenvalue weighted by atomic mass is 35.5. The number of nitrogens with one attached hydrogen (secondary N) is 1. The zero-order chi connectivity index (χ0) is 16.9. The number of rotatable bonds is 5. The van der Waals surface area contributed by atoms with Crippen LogP contribution < -0.4 is 5.32 Å². The van der Waals surface area contributed by atoms with Crippen molar-refractivity contribution in [2.75, 3.05) is 11.1 Å². The number of aromatic nitrogens is 2. The van der Waals surface area contributed by atoms with E-state index >= 15 is 0 Å². The molecule has 1 aromatic heterocycles. The highest BCUT2D eigenvalue weighted by molar-refractivity contribution is 7.99. The molecule has 0 aliphatic rings. The van der Waals surface area contributed by atoms with E-state index in [-0.39, 0.29) is 11.7 Å². The Hall–Kier alpha value is -2.24. The van der Waals surface area contributed by atoms with E-state index in [0.29, 0.717) is 10.7 Å². The van der Waals surface area contributed by atoms with Crippen LogP contribution in [0, 0.1) is 6.92 Å². The molecule has 1 heterocycles. The Morgan fingerprint density at radius 1 is 1.25 bits per heavy atom. The third kappa shape index (κ3) is 3.99. The standard InChI is InChI=1S/C18H16ClN3OS/c1-13-5-2-3-8-16(13)22-10-9-20-18(22)24-12-17(23)21-15-7-4-6-14(19)11-15/h2-11H,12H2,1H3,(H,21,23). The molecule has 3 aromatic rings. The summed E-state index contributed by atoms with van der Waals surface area (Å²) < 4.78 is 1.99. The van der Waals surface area contributed by atoms with Crippen molar-refractivity contribution in [3.8, 4) is 5.69 Å². The summed E-state index contributed by atoms with van der Waals surface area (Å²) in [7, 11) is 0. The number of amides is 1. The van der Waals surface area contributed by atoms with Crippen molar-refractivity contribution in [1.29, 1.82) is 0 Å². The summed E-state index contributed by atoms with van der Waals surface area (Å²) in [5.74, 6) is 0.177. The van der Waals surface area contributed by atoms with Gasteiger partial charge in [-0.2, -0.15) is 0 Å². The van der Waals surface area contributed by atoms with Crippen LogP contribution in [-0.2, 0) is 4.79 Å². The van der Waals surface area contributed by atoms with Gasteiger partial charge in [0.25, 0.3) is 0 Å². The van der Waals surface area contributed by atoms with E-state index in [1.54, 1.807) is 24.4 Å². The fraction of sp³-hybridized carbons (Fsp3) is 0.111. The number of nitrogens with zero attached hydrogens (tertiary/aromatic N) is 2. The minimum Gasteiger partial charge on any atom is -0.325 e. The summed E-state index contributed by atoms with van der Waals surface area (Å²) in [5.41, 5.74) is 2.91. The minimum absolute atomic E-state index is 0.0957. The first kappa shape index (κ1) is 16.6. The molecule has 0 saturated heterocycles. The molecule has 0 aliphatic carbocycles. The molecule has 6 heteroatoms. The number of imidazole rings is 1. The second-order valence-corrected chi connectivity index (χ2v) is 6.59. The maximum atomic E-state index is 12.1. The smallest absolute Gasteiger partial charge is 0.234 e. The Morgan fingerprint density at radius 2 is 2.08 bits per heavy atom. The van der Waals surface area contributed by atoms with Crippen molar-refractivity contribution in [2.45, 2.75) is 12.1 Å². The molecular formula is C18H16ClN3OS. The fourth-order valence-corrected chi connectivity index (χ4v) is 3.26. The summed E-state index contributed by atoms with van der Waals surface area (Å²) in [6, 6.07) is 15.2. The summed E-state index contributed by atoms with van der Waals surface area (Å²) in [4.78, 5) is 16.5. The number of hydrogen-bond donors (Lipinski definition) is 1. The van der Waals surface area contributed by atoms with Crippen LogP contribution in [0.2, 0.25) is 5.02 Å². The van der Waals surface area contributed by atoms with Gasteiger partial charge in [0.15, 0.2) is 5.16 Å². The topological polar surface area (TPSA) is 46.9 Å². The summed E-state index contributed by atoms with van der Waals surface area (Å²) in [6.45, 7) is 2.05. The van der Waals surface area contributed by atoms with Crippen molar-refractivity contribution in [3.63, 3.8) is 0 Å². The maximum absolute atomic E-state index is 12.1. The molecule has 0 aliphatic heterocycles. The van der Waals surface area contributed by atoms with E-state index in [1.807, 2.05) is 35.0 Å². The Kier molecular flexibility index (Phi) is 5.23. The molecule has 24 heavy (non-hydrogen) atoms. The van der Waals surface area contributed by atoms with Gasteiger partial charge in [-0.05, 0) is 36.8 Å². The van der Waals surface area contributed by atoms with Gasteiger partial charge in [-0.25, -0.2) is 4.98 Å². The third-order valence-corrected chi connectivity index (χ3v) is 4.62. The molecule has 3 rings (SSSR count). The Balaban J connectivity index is 1.67. The normalized spacial score (nSPS) is 10.6. The maximum Gasteiger partial charge on any atom is 0.234 e. The van der Waals surface area contributed by atoms with Crippen molar-refractivity contribution < 1.29 is 4.79 Å². The first-order valence-corrected chi connectivity index (χ1v) is 8.77. The molecule has 2 aromatic carbocycles. The highest BCUT2D eigenvalue weighted by Crippen LogP contribution is 2.23. The summed E-state index contributed by atoms with van der Waals surface area (Å²) in [5, 5.41) is 4.21. The molecule has 0 bridgehead atoms. The molecule has 122 valence electrons. The number of benzene rings is 2. The van der Waals surface area contributed by atoms with Crippen LogP contribution in [0.5, 0.6) is 0 Å². The summed E-state index contributed by atoms with van der Waals surface area (Å²) >= 11 is 7.32. The number of anilines is 1. The van der Waals surface area contributed by atoms with Gasteiger partial charge in [0, 0.05) is 23.1 Å². The lowest BCUT2D eigenvalue weighted by Crippen LogP contribution is -2.14. The average molecular weight is 358 g/mol. The second kappa shape index (κ2) is 7.55. The molecule has 0 radical (unpaired) electrons. The second-order valence-electron chi connectivity index (χ2n) is 5.21. The number of aryl methyl sites for hydroxylation is 1. The minimum atomic E-state index is -0.0957. The van der Waals surface area contributed by atoms with Crippen molar-refractivity contribution in [3.05, 3.63) is 71.5 Å². The molecule has 0 fully saturated rings. The number of para-hydroxylation sites is 1. The van der Waals surface area contributed by atoms with Crippen LogP contribution in [0.25, 0.3) is 5.69 Å². The predicted molar refractivity (Wildman–Crippen MR) is 99.1 cm³/mol.